The SMILES string of the molecule is CN(N)/C=C\N.c1c(C2CC2)sc2c1CCOC21CCNCC1. The first-order chi connectivity index (χ1) is 11.1. The zero-order valence-corrected chi connectivity index (χ0v) is 14.7. The van der Waals surface area contributed by atoms with Crippen molar-refractivity contribution in [1.29, 1.82) is 0 Å². The van der Waals surface area contributed by atoms with Gasteiger partial charge in [0.2, 0.25) is 0 Å². The Morgan fingerprint density at radius 2 is 2.13 bits per heavy atom. The van der Waals surface area contributed by atoms with Crippen molar-refractivity contribution in [3.8, 4) is 0 Å². The molecule has 1 spiro atoms. The predicted molar refractivity (Wildman–Crippen MR) is 95.0 cm³/mol. The maximum atomic E-state index is 6.22. The molecule has 23 heavy (non-hydrogen) atoms. The van der Waals surface area contributed by atoms with E-state index in [2.05, 4.69) is 22.7 Å². The molecule has 2 aliphatic heterocycles. The molecule has 0 unspecified atom stereocenters. The second-order valence-electron chi connectivity index (χ2n) is 6.63. The molecular formula is C17H28N4OS. The van der Waals surface area contributed by atoms with Crippen molar-refractivity contribution < 1.29 is 4.74 Å². The van der Waals surface area contributed by atoms with Crippen LogP contribution in [0.2, 0.25) is 0 Å². The lowest BCUT2D eigenvalue weighted by Gasteiger charge is -2.40. The number of hydrogen-bond acceptors (Lipinski definition) is 6. The van der Waals surface area contributed by atoms with Gasteiger partial charge in [0, 0.05) is 29.2 Å². The minimum atomic E-state index is 0.0800. The Labute approximate surface area is 142 Å². The number of fused-ring (bicyclic) bond motifs is 2. The first kappa shape index (κ1) is 16.8. The van der Waals surface area contributed by atoms with E-state index in [0.717, 1.165) is 44.9 Å². The molecule has 1 saturated carbocycles. The van der Waals surface area contributed by atoms with Gasteiger partial charge in [-0.25, -0.2) is 5.84 Å². The Bertz CT molecular complexity index is 545. The molecule has 128 valence electrons. The van der Waals surface area contributed by atoms with Gasteiger partial charge in [-0.15, -0.1) is 11.3 Å². The van der Waals surface area contributed by atoms with Crippen LogP contribution in [-0.2, 0) is 16.8 Å². The van der Waals surface area contributed by atoms with E-state index in [1.54, 1.807) is 28.6 Å². The molecule has 0 radical (unpaired) electrons. The zero-order valence-electron chi connectivity index (χ0n) is 13.9. The van der Waals surface area contributed by atoms with Gasteiger partial charge >= 0.3 is 0 Å². The lowest BCUT2D eigenvalue weighted by atomic mass is 9.86. The van der Waals surface area contributed by atoms with Crippen LogP contribution >= 0.6 is 11.3 Å². The smallest absolute Gasteiger partial charge is 0.105 e. The predicted octanol–water partition coefficient (Wildman–Crippen LogP) is 2.00. The molecule has 1 aromatic heterocycles. The molecule has 6 heteroatoms. The number of thiophene rings is 1. The highest BCUT2D eigenvalue weighted by molar-refractivity contribution is 7.12. The van der Waals surface area contributed by atoms with E-state index >= 15 is 0 Å². The Balaban J connectivity index is 0.000000227. The largest absolute Gasteiger partial charge is 0.403 e. The van der Waals surface area contributed by atoms with Crippen molar-refractivity contribution >= 4 is 11.3 Å². The summed E-state index contributed by atoms with van der Waals surface area (Å²) in [5.41, 5.74) is 6.61. The van der Waals surface area contributed by atoms with Crippen molar-refractivity contribution in [2.75, 3.05) is 26.7 Å². The fraction of sp³-hybridized carbons (Fsp3) is 0.647. The normalized spacial score (nSPS) is 22.5. The minimum Gasteiger partial charge on any atom is -0.403 e. The standard InChI is InChI=1S/C14H19NOS.C3H9N3/c1-2-10(1)12-9-11-3-8-16-14(13(11)17-12)4-6-15-7-5-14;1-6(5)3-2-4/h9-10,15H,1-8H2;2-3H,4-5H2,1H3/b;3-2-. The number of hydrogen-bond donors (Lipinski definition) is 3. The molecule has 5 nitrogen and oxygen atoms in total. The number of piperidine rings is 1. The molecule has 4 rings (SSSR count). The molecule has 2 fully saturated rings. The highest BCUT2D eigenvalue weighted by atomic mass is 32.1. The number of rotatable bonds is 2. The van der Waals surface area contributed by atoms with Gasteiger partial charge in [-0.2, -0.15) is 0 Å². The van der Waals surface area contributed by atoms with Crippen molar-refractivity contribution in [3.63, 3.8) is 0 Å². The molecule has 0 amide bonds. The number of nitrogens with one attached hydrogen (secondary N) is 1. The van der Waals surface area contributed by atoms with Crippen LogP contribution in [0, 0.1) is 0 Å². The van der Waals surface area contributed by atoms with Crippen LogP contribution < -0.4 is 16.9 Å². The first-order valence-electron chi connectivity index (χ1n) is 8.48. The summed E-state index contributed by atoms with van der Waals surface area (Å²) in [6, 6.07) is 2.49. The second-order valence-corrected chi connectivity index (χ2v) is 7.71. The summed E-state index contributed by atoms with van der Waals surface area (Å²) in [6.45, 7) is 3.14. The molecule has 3 heterocycles. The maximum Gasteiger partial charge on any atom is 0.105 e. The van der Waals surface area contributed by atoms with Gasteiger partial charge in [-0.05, 0) is 62.7 Å². The molecule has 1 aromatic rings. The van der Waals surface area contributed by atoms with Gasteiger partial charge in [-0.1, -0.05) is 0 Å². The zero-order chi connectivity index (χ0) is 16.3. The Morgan fingerprint density at radius 1 is 1.39 bits per heavy atom. The van der Waals surface area contributed by atoms with Crippen molar-refractivity contribution in [1.82, 2.24) is 10.3 Å². The summed E-state index contributed by atoms with van der Waals surface area (Å²) in [5.74, 6) is 5.96. The fourth-order valence-electron chi connectivity index (χ4n) is 3.35. The van der Waals surface area contributed by atoms with E-state index in [0.29, 0.717) is 0 Å². The molecular weight excluding hydrogens is 308 g/mol. The summed E-state index contributed by atoms with van der Waals surface area (Å²) >= 11 is 2.06. The van der Waals surface area contributed by atoms with Gasteiger partial charge in [0.25, 0.3) is 0 Å². The molecule has 1 saturated heterocycles. The molecule has 5 N–H and O–H groups in total. The molecule has 0 bridgehead atoms. The van der Waals surface area contributed by atoms with E-state index in [1.165, 1.54) is 24.1 Å². The monoisotopic (exact) mass is 336 g/mol. The lowest BCUT2D eigenvalue weighted by molar-refractivity contribution is -0.0771. The first-order valence-corrected chi connectivity index (χ1v) is 9.30. The number of nitrogens with zero attached hydrogens (tertiary/aromatic N) is 1. The topological polar surface area (TPSA) is 76.5 Å². The average molecular weight is 337 g/mol. The van der Waals surface area contributed by atoms with Gasteiger partial charge < -0.3 is 20.8 Å². The Hall–Kier alpha value is -1.08. The van der Waals surface area contributed by atoms with E-state index in [9.17, 15) is 0 Å². The second kappa shape index (κ2) is 7.21. The summed E-state index contributed by atoms with van der Waals surface area (Å²) < 4.78 is 6.22. The van der Waals surface area contributed by atoms with Crippen molar-refractivity contribution in [3.05, 3.63) is 33.8 Å². The van der Waals surface area contributed by atoms with E-state index in [-0.39, 0.29) is 5.60 Å². The van der Waals surface area contributed by atoms with E-state index in [1.807, 2.05) is 0 Å². The van der Waals surface area contributed by atoms with E-state index < -0.39 is 0 Å². The third-order valence-corrected chi connectivity index (χ3v) is 6.23. The van der Waals surface area contributed by atoms with Crippen LogP contribution in [0.25, 0.3) is 0 Å². The van der Waals surface area contributed by atoms with Gasteiger partial charge in [0.05, 0.1) is 6.61 Å². The number of nitrogens with two attached hydrogens (primary N) is 2. The minimum absolute atomic E-state index is 0.0800. The number of ether oxygens (including phenoxy) is 1. The highest BCUT2D eigenvalue weighted by Gasteiger charge is 2.41. The quantitative estimate of drug-likeness (QED) is 0.569. The van der Waals surface area contributed by atoms with Crippen LogP contribution in [0.1, 0.15) is 46.9 Å². The lowest BCUT2D eigenvalue weighted by Crippen LogP contribution is -2.43. The molecule has 0 atom stereocenters. The fourth-order valence-corrected chi connectivity index (χ4v) is 4.93. The van der Waals surface area contributed by atoms with Crippen LogP contribution in [0.15, 0.2) is 18.5 Å². The molecule has 0 aromatic carbocycles. The van der Waals surface area contributed by atoms with E-state index in [4.69, 9.17) is 16.3 Å². The van der Waals surface area contributed by atoms with Crippen molar-refractivity contribution in [2.45, 2.75) is 43.6 Å². The maximum absolute atomic E-state index is 6.22. The third kappa shape index (κ3) is 3.88. The van der Waals surface area contributed by atoms with Gasteiger partial charge in [0.15, 0.2) is 0 Å². The highest BCUT2D eigenvalue weighted by Crippen LogP contribution is 2.50. The third-order valence-electron chi connectivity index (χ3n) is 4.70. The van der Waals surface area contributed by atoms with Gasteiger partial charge in [0.1, 0.15) is 5.60 Å². The summed E-state index contributed by atoms with van der Waals surface area (Å²) in [6.07, 6.45) is 9.20. The van der Waals surface area contributed by atoms with Crippen LogP contribution in [-0.4, -0.2) is 31.8 Å². The van der Waals surface area contributed by atoms with Crippen LogP contribution in [0.3, 0.4) is 0 Å². The summed E-state index contributed by atoms with van der Waals surface area (Å²) in [4.78, 5) is 3.21. The molecule has 3 aliphatic rings. The summed E-state index contributed by atoms with van der Waals surface area (Å²) in [7, 11) is 1.70. The van der Waals surface area contributed by atoms with Crippen LogP contribution in [0.5, 0.6) is 0 Å². The summed E-state index contributed by atoms with van der Waals surface area (Å²) in [5, 5.41) is 4.83. The molecule has 1 aliphatic carbocycles. The Morgan fingerprint density at radius 3 is 2.70 bits per heavy atom. The average Bonchev–Trinajstić information content (AvgIpc) is 3.28. The van der Waals surface area contributed by atoms with Crippen molar-refractivity contribution in [2.24, 2.45) is 11.6 Å². The number of hydrazine groups is 1. The van der Waals surface area contributed by atoms with Gasteiger partial charge in [-0.3, -0.25) is 0 Å². The Kier molecular flexibility index (Phi) is 5.26. The van der Waals surface area contributed by atoms with Crippen LogP contribution in [0.4, 0.5) is 0 Å².